The molecule has 1 aliphatic heterocycles. The van der Waals surface area contributed by atoms with Crippen molar-refractivity contribution in [3.8, 4) is 0 Å². The van der Waals surface area contributed by atoms with Crippen LogP contribution in [0.5, 0.6) is 0 Å². The molecule has 3 aromatic rings. The molecular formula is C36H47N7O4. The molecule has 2 aliphatic rings. The molecule has 5 rings (SSSR count). The Morgan fingerprint density at radius 3 is 2.36 bits per heavy atom. The lowest BCUT2D eigenvalue weighted by atomic mass is 9.83. The minimum atomic E-state index is -0.698. The van der Waals surface area contributed by atoms with Gasteiger partial charge in [-0.05, 0) is 54.5 Å². The summed E-state index contributed by atoms with van der Waals surface area (Å²) in [5.74, 6) is -0.807. The summed E-state index contributed by atoms with van der Waals surface area (Å²) in [5.41, 5.74) is 3.07. The van der Waals surface area contributed by atoms with Crippen LogP contribution >= 0.6 is 0 Å². The summed E-state index contributed by atoms with van der Waals surface area (Å²) < 4.78 is 1.50. The lowest BCUT2D eigenvalue weighted by Crippen LogP contribution is -2.58. The molecule has 3 atom stereocenters. The van der Waals surface area contributed by atoms with Gasteiger partial charge in [-0.25, -0.2) is 0 Å². The molecule has 2 unspecified atom stereocenters. The summed E-state index contributed by atoms with van der Waals surface area (Å²) in [6, 6.07) is 18.0. The zero-order chi connectivity index (χ0) is 33.2. The second-order valence-electron chi connectivity index (χ2n) is 12.7. The topological polar surface area (TPSA) is 137 Å². The first-order valence-electron chi connectivity index (χ1n) is 16.8. The van der Waals surface area contributed by atoms with Gasteiger partial charge in [0.15, 0.2) is 0 Å². The highest BCUT2D eigenvalue weighted by molar-refractivity contribution is 6.00. The van der Waals surface area contributed by atoms with Crippen LogP contribution < -0.4 is 21.3 Å². The van der Waals surface area contributed by atoms with Gasteiger partial charge in [0.2, 0.25) is 17.7 Å². The summed E-state index contributed by atoms with van der Waals surface area (Å²) in [4.78, 5) is 54.7. The van der Waals surface area contributed by atoms with Crippen LogP contribution in [0.2, 0.25) is 0 Å². The number of carbonyl (C=O) groups is 4. The summed E-state index contributed by atoms with van der Waals surface area (Å²) in [6.45, 7) is 3.61. The van der Waals surface area contributed by atoms with Crippen LogP contribution in [0.4, 0.5) is 5.69 Å². The van der Waals surface area contributed by atoms with Crippen molar-refractivity contribution in [3.05, 3.63) is 83.7 Å². The van der Waals surface area contributed by atoms with Crippen LogP contribution in [0.3, 0.4) is 0 Å². The van der Waals surface area contributed by atoms with Crippen molar-refractivity contribution in [2.75, 3.05) is 25.0 Å². The van der Waals surface area contributed by atoms with Gasteiger partial charge in [0, 0.05) is 57.4 Å². The van der Waals surface area contributed by atoms with Crippen molar-refractivity contribution in [3.63, 3.8) is 0 Å². The molecule has 1 aliphatic carbocycles. The van der Waals surface area contributed by atoms with Crippen LogP contribution in [0.1, 0.15) is 67.1 Å². The maximum Gasteiger partial charge on any atom is 0.270 e. The first-order chi connectivity index (χ1) is 22.8. The molecule has 0 radical (unpaired) electrons. The second-order valence-corrected chi connectivity index (χ2v) is 12.7. The third-order valence-electron chi connectivity index (χ3n) is 9.25. The number of aromatic nitrogens is 2. The van der Waals surface area contributed by atoms with Gasteiger partial charge in [0.05, 0.1) is 0 Å². The predicted molar refractivity (Wildman–Crippen MR) is 181 cm³/mol. The molecule has 4 N–H and O–H groups in total. The van der Waals surface area contributed by atoms with Gasteiger partial charge in [0.25, 0.3) is 5.91 Å². The SMILES string of the molecule is CCC(=O)NC(Cc1ccc(NC(=O)C(NC(=O)c2ccnn2C)C2CCCCC2)cc1)C(=O)N1CCN[C@H](Cc2ccccc2)C1. The standard InChI is InChI=1S/C36H47N7O4/c1-3-32(44)40-30(36(47)43-21-20-37-29(24-43)22-25-10-6-4-7-11-25)23-26-14-16-28(17-15-26)39-35(46)33(27-12-8-5-9-13-27)41-34(45)31-18-19-38-42(31)2/h4,6-7,10-11,14-19,27,29-30,33,37H,3,5,8-9,12-13,20-24H2,1-2H3,(H,39,46)(H,40,44)(H,41,45)/t29-,30?,33?/m1/s1. The molecule has 47 heavy (non-hydrogen) atoms. The summed E-state index contributed by atoms with van der Waals surface area (Å²) in [6.07, 6.45) is 7.94. The minimum Gasteiger partial charge on any atom is -0.344 e. The number of benzene rings is 2. The zero-order valence-corrected chi connectivity index (χ0v) is 27.4. The van der Waals surface area contributed by atoms with Crippen LogP contribution in [0.25, 0.3) is 0 Å². The first-order valence-corrected chi connectivity index (χ1v) is 16.8. The van der Waals surface area contributed by atoms with Gasteiger partial charge < -0.3 is 26.2 Å². The summed E-state index contributed by atoms with van der Waals surface area (Å²) in [5, 5.41) is 16.5. The van der Waals surface area contributed by atoms with Gasteiger partial charge in [-0.2, -0.15) is 5.10 Å². The fourth-order valence-corrected chi connectivity index (χ4v) is 6.63. The monoisotopic (exact) mass is 641 g/mol. The fourth-order valence-electron chi connectivity index (χ4n) is 6.63. The van der Waals surface area contributed by atoms with E-state index in [2.05, 4.69) is 38.5 Å². The molecule has 1 saturated carbocycles. The van der Waals surface area contributed by atoms with E-state index in [1.54, 1.807) is 38.4 Å². The van der Waals surface area contributed by atoms with E-state index >= 15 is 0 Å². The van der Waals surface area contributed by atoms with E-state index in [-0.39, 0.29) is 42.0 Å². The van der Waals surface area contributed by atoms with Crippen molar-refractivity contribution in [2.24, 2.45) is 13.0 Å². The van der Waals surface area contributed by atoms with Gasteiger partial charge in [0.1, 0.15) is 17.8 Å². The van der Waals surface area contributed by atoms with E-state index in [1.807, 2.05) is 35.2 Å². The molecule has 11 heteroatoms. The Morgan fingerprint density at radius 1 is 0.936 bits per heavy atom. The highest BCUT2D eigenvalue weighted by Gasteiger charge is 2.33. The van der Waals surface area contributed by atoms with Crippen LogP contribution in [0.15, 0.2) is 66.9 Å². The van der Waals surface area contributed by atoms with Crippen LogP contribution in [-0.4, -0.2) is 76.1 Å². The molecule has 4 amide bonds. The van der Waals surface area contributed by atoms with Crippen LogP contribution in [-0.2, 0) is 34.3 Å². The lowest BCUT2D eigenvalue weighted by Gasteiger charge is -2.36. The largest absolute Gasteiger partial charge is 0.344 e. The van der Waals surface area contributed by atoms with Crippen molar-refractivity contribution >= 4 is 29.3 Å². The highest BCUT2D eigenvalue weighted by Crippen LogP contribution is 2.27. The van der Waals surface area contributed by atoms with E-state index < -0.39 is 12.1 Å². The predicted octanol–water partition coefficient (Wildman–Crippen LogP) is 3.22. The van der Waals surface area contributed by atoms with Gasteiger partial charge in [-0.15, -0.1) is 0 Å². The van der Waals surface area contributed by atoms with Crippen LogP contribution in [0, 0.1) is 5.92 Å². The van der Waals surface area contributed by atoms with Crippen molar-refractivity contribution < 1.29 is 19.2 Å². The average Bonchev–Trinajstić information content (AvgIpc) is 3.54. The van der Waals surface area contributed by atoms with E-state index in [4.69, 9.17) is 0 Å². The van der Waals surface area contributed by atoms with Crippen molar-refractivity contribution in [1.82, 2.24) is 30.6 Å². The Labute approximate surface area is 276 Å². The summed E-state index contributed by atoms with van der Waals surface area (Å²) >= 11 is 0. The number of hydrogen-bond donors (Lipinski definition) is 4. The minimum absolute atomic E-state index is 0.0476. The number of anilines is 1. The Balaban J connectivity index is 1.23. The van der Waals surface area contributed by atoms with Gasteiger partial charge >= 0.3 is 0 Å². The number of aryl methyl sites for hydroxylation is 1. The maximum absolute atomic E-state index is 13.8. The molecule has 11 nitrogen and oxygen atoms in total. The molecule has 2 fully saturated rings. The Bertz CT molecular complexity index is 1500. The van der Waals surface area contributed by atoms with E-state index in [0.29, 0.717) is 37.4 Å². The fraction of sp³-hybridized carbons (Fsp3) is 0.472. The summed E-state index contributed by atoms with van der Waals surface area (Å²) in [7, 11) is 1.70. The Kier molecular flexibility index (Phi) is 11.8. The lowest BCUT2D eigenvalue weighted by molar-refractivity contribution is -0.137. The first kappa shape index (κ1) is 33.8. The Morgan fingerprint density at radius 2 is 1.68 bits per heavy atom. The molecule has 1 aromatic heterocycles. The third-order valence-corrected chi connectivity index (χ3v) is 9.25. The van der Waals surface area contributed by atoms with E-state index in [9.17, 15) is 19.2 Å². The maximum atomic E-state index is 13.8. The second kappa shape index (κ2) is 16.4. The van der Waals surface area contributed by atoms with E-state index in [0.717, 1.165) is 44.1 Å². The third kappa shape index (κ3) is 9.28. The van der Waals surface area contributed by atoms with Gasteiger partial charge in [-0.1, -0.05) is 68.7 Å². The Hall–Kier alpha value is -4.51. The number of carbonyl (C=O) groups excluding carboxylic acids is 4. The number of hydrogen-bond acceptors (Lipinski definition) is 6. The number of amides is 4. The molecular weight excluding hydrogens is 594 g/mol. The van der Waals surface area contributed by atoms with Crippen molar-refractivity contribution in [1.29, 1.82) is 0 Å². The normalized spacial score (nSPS) is 18.2. The quantitative estimate of drug-likeness (QED) is 0.240. The van der Waals surface area contributed by atoms with E-state index in [1.165, 1.54) is 10.2 Å². The van der Waals surface area contributed by atoms with Gasteiger partial charge in [-0.3, -0.25) is 23.9 Å². The number of nitrogens with zero attached hydrogens (tertiary/aromatic N) is 3. The molecule has 1 saturated heterocycles. The smallest absolute Gasteiger partial charge is 0.270 e. The number of piperazine rings is 1. The number of nitrogens with one attached hydrogen (secondary N) is 4. The molecule has 0 spiro atoms. The molecule has 0 bridgehead atoms. The van der Waals surface area contributed by atoms with Crippen molar-refractivity contribution in [2.45, 2.75) is 76.4 Å². The average molecular weight is 642 g/mol. The molecule has 250 valence electrons. The molecule has 2 aromatic carbocycles. The number of rotatable bonds is 12. The zero-order valence-electron chi connectivity index (χ0n) is 27.4. The highest BCUT2D eigenvalue weighted by atomic mass is 16.2. The molecule has 2 heterocycles.